The molecule has 0 aliphatic rings. The highest BCUT2D eigenvalue weighted by Crippen LogP contribution is 2.19. The average molecular weight is 234 g/mol. The molecular weight excluding hydrogens is 220 g/mol. The number of aliphatic hydroxyl groups excluding tert-OH is 1. The summed E-state index contributed by atoms with van der Waals surface area (Å²) in [6.45, 7) is 0.510. The summed E-state index contributed by atoms with van der Waals surface area (Å²) in [6.07, 6.45) is 4.73. The molecule has 0 atom stereocenters. The van der Waals surface area contributed by atoms with E-state index in [2.05, 4.69) is 19.9 Å². The van der Waals surface area contributed by atoms with Gasteiger partial charge in [-0.05, 0) is 0 Å². The van der Waals surface area contributed by atoms with Crippen molar-refractivity contribution >= 4 is 23.3 Å². The van der Waals surface area contributed by atoms with Gasteiger partial charge in [-0.2, -0.15) is 0 Å². The molecule has 0 aliphatic carbocycles. The van der Waals surface area contributed by atoms with Crippen LogP contribution < -0.4 is 0 Å². The number of rotatable bonds is 4. The van der Waals surface area contributed by atoms with Crippen molar-refractivity contribution in [2.24, 2.45) is 4.99 Å². The SMILES string of the molecule is CN(C)/C=N\c1ncnc2c1ncn2CCO. The summed E-state index contributed by atoms with van der Waals surface area (Å²) in [7, 11) is 3.76. The molecular formula is C10H14N6O. The van der Waals surface area contributed by atoms with Gasteiger partial charge in [-0.25, -0.2) is 19.9 Å². The molecule has 7 heteroatoms. The molecule has 0 fully saturated rings. The van der Waals surface area contributed by atoms with Crippen LogP contribution in [-0.2, 0) is 6.54 Å². The first-order valence-corrected chi connectivity index (χ1v) is 5.19. The van der Waals surface area contributed by atoms with E-state index in [0.717, 1.165) is 0 Å². The van der Waals surface area contributed by atoms with Crippen LogP contribution in [0.3, 0.4) is 0 Å². The topological polar surface area (TPSA) is 79.4 Å². The van der Waals surface area contributed by atoms with Gasteiger partial charge in [0.1, 0.15) is 6.33 Å². The van der Waals surface area contributed by atoms with Gasteiger partial charge in [0.25, 0.3) is 0 Å². The van der Waals surface area contributed by atoms with Crippen molar-refractivity contribution in [3.8, 4) is 0 Å². The summed E-state index contributed by atoms with van der Waals surface area (Å²) in [6, 6.07) is 0. The number of hydrogen-bond donors (Lipinski definition) is 1. The van der Waals surface area contributed by atoms with Crippen LogP contribution >= 0.6 is 0 Å². The van der Waals surface area contributed by atoms with Gasteiger partial charge >= 0.3 is 0 Å². The van der Waals surface area contributed by atoms with Crippen molar-refractivity contribution in [2.45, 2.75) is 6.54 Å². The van der Waals surface area contributed by atoms with Gasteiger partial charge in [-0.15, -0.1) is 0 Å². The lowest BCUT2D eigenvalue weighted by atomic mass is 10.5. The van der Waals surface area contributed by atoms with E-state index in [1.165, 1.54) is 6.33 Å². The Morgan fingerprint density at radius 1 is 1.41 bits per heavy atom. The van der Waals surface area contributed by atoms with Crippen LogP contribution in [0.2, 0.25) is 0 Å². The molecule has 0 unspecified atom stereocenters. The van der Waals surface area contributed by atoms with Crippen molar-refractivity contribution < 1.29 is 5.11 Å². The van der Waals surface area contributed by atoms with E-state index in [4.69, 9.17) is 5.11 Å². The van der Waals surface area contributed by atoms with Gasteiger partial charge in [0.2, 0.25) is 0 Å². The smallest absolute Gasteiger partial charge is 0.184 e. The van der Waals surface area contributed by atoms with Gasteiger partial charge in [-0.3, -0.25) is 0 Å². The Labute approximate surface area is 98.5 Å². The van der Waals surface area contributed by atoms with Gasteiger partial charge in [0, 0.05) is 20.6 Å². The van der Waals surface area contributed by atoms with Crippen LogP contribution in [0.5, 0.6) is 0 Å². The second-order valence-corrected chi connectivity index (χ2v) is 3.74. The summed E-state index contributed by atoms with van der Waals surface area (Å²) < 4.78 is 1.77. The molecule has 0 radical (unpaired) electrons. The molecule has 2 heterocycles. The fourth-order valence-electron chi connectivity index (χ4n) is 1.40. The first-order valence-electron chi connectivity index (χ1n) is 5.19. The predicted molar refractivity (Wildman–Crippen MR) is 64.2 cm³/mol. The molecule has 7 nitrogen and oxygen atoms in total. The number of fused-ring (bicyclic) bond motifs is 1. The van der Waals surface area contributed by atoms with E-state index in [1.54, 1.807) is 17.2 Å². The molecule has 0 amide bonds. The summed E-state index contributed by atoms with van der Waals surface area (Å²) >= 11 is 0. The zero-order valence-electron chi connectivity index (χ0n) is 9.78. The van der Waals surface area contributed by atoms with Crippen molar-refractivity contribution in [2.75, 3.05) is 20.7 Å². The van der Waals surface area contributed by atoms with Crippen molar-refractivity contribution in [1.82, 2.24) is 24.4 Å². The molecule has 2 rings (SSSR count). The number of aliphatic imine (C=N–C) groups is 1. The Kier molecular flexibility index (Phi) is 3.29. The maximum absolute atomic E-state index is 8.91. The molecule has 0 bridgehead atoms. The maximum Gasteiger partial charge on any atom is 0.184 e. The lowest BCUT2D eigenvalue weighted by molar-refractivity contribution is 0.277. The van der Waals surface area contributed by atoms with E-state index in [-0.39, 0.29) is 6.61 Å². The van der Waals surface area contributed by atoms with Gasteiger partial charge in [0.15, 0.2) is 17.0 Å². The van der Waals surface area contributed by atoms with Gasteiger partial charge < -0.3 is 14.6 Å². The number of imidazole rings is 1. The van der Waals surface area contributed by atoms with Crippen LogP contribution in [0.15, 0.2) is 17.6 Å². The second-order valence-electron chi connectivity index (χ2n) is 3.74. The van der Waals surface area contributed by atoms with Crippen molar-refractivity contribution in [3.05, 3.63) is 12.7 Å². The van der Waals surface area contributed by atoms with Crippen molar-refractivity contribution in [1.29, 1.82) is 0 Å². The Bertz CT molecular complexity index is 533. The second kappa shape index (κ2) is 4.88. The fraction of sp³-hybridized carbons (Fsp3) is 0.400. The van der Waals surface area contributed by atoms with Crippen LogP contribution in [0.25, 0.3) is 11.2 Å². The van der Waals surface area contributed by atoms with E-state index in [1.807, 2.05) is 19.0 Å². The summed E-state index contributed by atoms with van der Waals surface area (Å²) in [4.78, 5) is 18.5. The molecule has 2 aromatic rings. The molecule has 0 aliphatic heterocycles. The Morgan fingerprint density at radius 2 is 2.24 bits per heavy atom. The summed E-state index contributed by atoms with van der Waals surface area (Å²) in [5.41, 5.74) is 1.32. The van der Waals surface area contributed by atoms with E-state index < -0.39 is 0 Å². The minimum absolute atomic E-state index is 0.0474. The number of hydrogen-bond acceptors (Lipinski definition) is 5. The Morgan fingerprint density at radius 3 is 2.94 bits per heavy atom. The molecule has 2 aromatic heterocycles. The number of nitrogens with zero attached hydrogens (tertiary/aromatic N) is 6. The standard InChI is InChI=1S/C10H14N6O/c1-15(2)6-14-9-8-10(12-5-11-9)16(3-4-17)7-13-8/h5-7,17H,3-4H2,1-2H3/b14-6-. The monoisotopic (exact) mass is 234 g/mol. The highest BCUT2D eigenvalue weighted by Gasteiger charge is 2.08. The van der Waals surface area contributed by atoms with E-state index >= 15 is 0 Å². The highest BCUT2D eigenvalue weighted by molar-refractivity contribution is 5.82. The van der Waals surface area contributed by atoms with Crippen LogP contribution in [0, 0.1) is 0 Å². The summed E-state index contributed by atoms with van der Waals surface area (Å²) in [5.74, 6) is 0.528. The lowest BCUT2D eigenvalue weighted by Crippen LogP contribution is -2.07. The molecule has 17 heavy (non-hydrogen) atoms. The molecule has 1 N–H and O–H groups in total. The molecule has 0 saturated carbocycles. The Balaban J connectivity index is 2.44. The number of aliphatic hydroxyl groups is 1. The minimum atomic E-state index is 0.0474. The average Bonchev–Trinajstić information content (AvgIpc) is 2.71. The van der Waals surface area contributed by atoms with Crippen LogP contribution in [0.1, 0.15) is 0 Å². The van der Waals surface area contributed by atoms with Crippen LogP contribution in [0.4, 0.5) is 5.82 Å². The predicted octanol–water partition coefficient (Wildman–Crippen LogP) is 0.0400. The Hall–Kier alpha value is -2.02. The minimum Gasteiger partial charge on any atom is -0.395 e. The molecule has 90 valence electrons. The largest absolute Gasteiger partial charge is 0.395 e. The molecule has 0 saturated heterocycles. The van der Waals surface area contributed by atoms with E-state index in [9.17, 15) is 0 Å². The van der Waals surface area contributed by atoms with E-state index in [0.29, 0.717) is 23.5 Å². The third-order valence-electron chi connectivity index (χ3n) is 2.13. The molecule has 0 spiro atoms. The first-order chi connectivity index (χ1) is 8.22. The van der Waals surface area contributed by atoms with Crippen LogP contribution in [-0.4, -0.2) is 56.6 Å². The summed E-state index contributed by atoms with van der Waals surface area (Å²) in [5, 5.41) is 8.91. The third-order valence-corrected chi connectivity index (χ3v) is 2.13. The highest BCUT2D eigenvalue weighted by atomic mass is 16.3. The number of aromatic nitrogens is 4. The zero-order valence-corrected chi connectivity index (χ0v) is 9.78. The maximum atomic E-state index is 8.91. The zero-order chi connectivity index (χ0) is 12.3. The normalized spacial score (nSPS) is 11.5. The molecule has 0 aromatic carbocycles. The van der Waals surface area contributed by atoms with Crippen molar-refractivity contribution in [3.63, 3.8) is 0 Å². The van der Waals surface area contributed by atoms with Gasteiger partial charge in [0.05, 0.1) is 19.3 Å². The third kappa shape index (κ3) is 2.39. The lowest BCUT2D eigenvalue weighted by Gasteiger charge is -2.02. The quantitative estimate of drug-likeness (QED) is 0.597. The first kappa shape index (κ1) is 11.5. The fourth-order valence-corrected chi connectivity index (χ4v) is 1.40. The van der Waals surface area contributed by atoms with Gasteiger partial charge in [-0.1, -0.05) is 0 Å².